The van der Waals surface area contributed by atoms with E-state index in [0.29, 0.717) is 43.1 Å². The highest BCUT2D eigenvalue weighted by atomic mass is 35.5. The molecule has 0 atom stereocenters. The number of ether oxygens (including phenoxy) is 1. The maximum Gasteiger partial charge on any atom is 0.344 e. The molecular formula is C22H18Cl3NO3. The summed E-state index contributed by atoms with van der Waals surface area (Å²) in [6.07, 6.45) is 0. The summed E-state index contributed by atoms with van der Waals surface area (Å²) < 4.78 is 6.99. The van der Waals surface area contributed by atoms with Gasteiger partial charge in [-0.3, -0.25) is 4.79 Å². The minimum atomic E-state index is -0.690. The maximum absolute atomic E-state index is 13.5. The zero-order valence-electron chi connectivity index (χ0n) is 16.1. The quantitative estimate of drug-likeness (QED) is 0.447. The van der Waals surface area contributed by atoms with E-state index in [1.54, 1.807) is 61.0 Å². The van der Waals surface area contributed by atoms with Crippen LogP contribution in [-0.4, -0.2) is 17.1 Å². The maximum atomic E-state index is 13.5. The van der Waals surface area contributed by atoms with Crippen molar-refractivity contribution < 1.29 is 9.53 Å². The van der Waals surface area contributed by atoms with Crippen LogP contribution in [-0.2, 0) is 11.8 Å². The third-order valence-corrected chi connectivity index (χ3v) is 5.69. The van der Waals surface area contributed by atoms with Crippen LogP contribution in [0.1, 0.15) is 23.0 Å². The first-order chi connectivity index (χ1) is 13.8. The van der Waals surface area contributed by atoms with Crippen LogP contribution in [0.5, 0.6) is 0 Å². The number of halogens is 3. The second-order valence-electron chi connectivity index (χ2n) is 6.43. The Bertz CT molecular complexity index is 1150. The van der Waals surface area contributed by atoms with E-state index in [-0.39, 0.29) is 12.2 Å². The summed E-state index contributed by atoms with van der Waals surface area (Å²) >= 11 is 18.2. The molecule has 0 unspecified atom stereocenters. The summed E-state index contributed by atoms with van der Waals surface area (Å²) in [6.45, 7) is 3.66. The molecule has 0 aliphatic heterocycles. The van der Waals surface area contributed by atoms with Crippen LogP contribution in [0.15, 0.2) is 47.3 Å². The number of benzene rings is 2. The highest BCUT2D eigenvalue weighted by Gasteiger charge is 2.26. The molecule has 3 rings (SSSR count). The minimum Gasteiger partial charge on any atom is -0.462 e. The van der Waals surface area contributed by atoms with Gasteiger partial charge in [-0.05, 0) is 43.7 Å². The van der Waals surface area contributed by atoms with Crippen molar-refractivity contribution in [2.45, 2.75) is 13.8 Å². The van der Waals surface area contributed by atoms with Crippen molar-refractivity contribution in [2.24, 2.45) is 7.05 Å². The molecule has 29 heavy (non-hydrogen) atoms. The lowest BCUT2D eigenvalue weighted by Gasteiger charge is -2.20. The second-order valence-corrected chi connectivity index (χ2v) is 7.68. The Balaban J connectivity index is 2.40. The summed E-state index contributed by atoms with van der Waals surface area (Å²) in [6, 6.07) is 11.9. The third-order valence-electron chi connectivity index (χ3n) is 4.70. The van der Waals surface area contributed by atoms with Crippen molar-refractivity contribution in [3.05, 3.63) is 79.0 Å². The Morgan fingerprint density at radius 3 is 2.21 bits per heavy atom. The van der Waals surface area contributed by atoms with E-state index in [0.717, 1.165) is 0 Å². The molecule has 2 aromatic carbocycles. The number of carbonyl (C=O) groups excluding carboxylic acids is 1. The van der Waals surface area contributed by atoms with Crippen LogP contribution < -0.4 is 5.43 Å². The summed E-state index contributed by atoms with van der Waals surface area (Å²) in [5, 5.41) is 1.26. The van der Waals surface area contributed by atoms with Gasteiger partial charge in [0.1, 0.15) is 5.56 Å². The predicted octanol–water partition coefficient (Wildman–Crippen LogP) is 6.16. The van der Waals surface area contributed by atoms with Crippen molar-refractivity contribution in [1.29, 1.82) is 0 Å². The first kappa shape index (κ1) is 21.4. The highest BCUT2D eigenvalue weighted by molar-refractivity contribution is 6.42. The van der Waals surface area contributed by atoms with E-state index in [4.69, 9.17) is 39.5 Å². The lowest BCUT2D eigenvalue weighted by atomic mass is 9.96. The van der Waals surface area contributed by atoms with Crippen molar-refractivity contribution in [3.63, 3.8) is 0 Å². The van der Waals surface area contributed by atoms with Crippen molar-refractivity contribution in [1.82, 2.24) is 4.57 Å². The van der Waals surface area contributed by atoms with E-state index in [2.05, 4.69) is 0 Å². The van der Waals surface area contributed by atoms with Gasteiger partial charge in [0.15, 0.2) is 0 Å². The summed E-state index contributed by atoms with van der Waals surface area (Å²) in [4.78, 5) is 26.3. The predicted molar refractivity (Wildman–Crippen MR) is 118 cm³/mol. The Morgan fingerprint density at radius 2 is 1.62 bits per heavy atom. The van der Waals surface area contributed by atoms with Crippen molar-refractivity contribution in [3.8, 4) is 22.4 Å². The van der Waals surface area contributed by atoms with Crippen LogP contribution in [0, 0.1) is 6.92 Å². The van der Waals surface area contributed by atoms with Gasteiger partial charge >= 0.3 is 5.97 Å². The molecule has 3 aromatic rings. The van der Waals surface area contributed by atoms with Gasteiger partial charge in [-0.15, -0.1) is 0 Å². The minimum absolute atomic E-state index is 0.0525. The number of aromatic nitrogens is 1. The van der Waals surface area contributed by atoms with Crippen LogP contribution >= 0.6 is 34.8 Å². The normalized spacial score (nSPS) is 10.8. The third kappa shape index (κ3) is 4.06. The molecular weight excluding hydrogens is 433 g/mol. The molecule has 0 aliphatic carbocycles. The lowest BCUT2D eigenvalue weighted by molar-refractivity contribution is 0.0525. The van der Waals surface area contributed by atoms with E-state index in [9.17, 15) is 9.59 Å². The average Bonchev–Trinajstić information content (AvgIpc) is 2.68. The largest absolute Gasteiger partial charge is 0.462 e. The fourth-order valence-electron chi connectivity index (χ4n) is 3.23. The molecule has 4 nitrogen and oxygen atoms in total. The molecule has 0 amide bonds. The second kappa shape index (κ2) is 8.62. The first-order valence-electron chi connectivity index (χ1n) is 8.88. The van der Waals surface area contributed by atoms with Gasteiger partial charge < -0.3 is 9.30 Å². The van der Waals surface area contributed by atoms with E-state index in [1.807, 2.05) is 6.92 Å². The fraction of sp³-hybridized carbons (Fsp3) is 0.182. The Kier molecular flexibility index (Phi) is 6.37. The van der Waals surface area contributed by atoms with Crippen LogP contribution in [0.25, 0.3) is 22.4 Å². The van der Waals surface area contributed by atoms with Gasteiger partial charge in [0, 0.05) is 28.9 Å². The molecule has 0 bridgehead atoms. The topological polar surface area (TPSA) is 48.3 Å². The number of hydrogen-bond donors (Lipinski definition) is 0. The zero-order chi connectivity index (χ0) is 21.3. The van der Waals surface area contributed by atoms with Crippen molar-refractivity contribution >= 4 is 40.8 Å². The number of hydrogen-bond acceptors (Lipinski definition) is 3. The molecule has 0 aliphatic rings. The zero-order valence-corrected chi connectivity index (χ0v) is 18.3. The molecule has 0 fully saturated rings. The summed E-state index contributed by atoms with van der Waals surface area (Å²) in [5.74, 6) is -0.690. The van der Waals surface area contributed by atoms with Crippen LogP contribution in [0.3, 0.4) is 0 Å². The first-order valence-corrected chi connectivity index (χ1v) is 10.0. The van der Waals surface area contributed by atoms with Crippen molar-refractivity contribution in [2.75, 3.05) is 6.61 Å². The van der Waals surface area contributed by atoms with E-state index in [1.165, 1.54) is 0 Å². The molecule has 1 aromatic heterocycles. The Labute approximate surface area is 183 Å². The van der Waals surface area contributed by atoms with E-state index >= 15 is 0 Å². The fourth-order valence-corrected chi connectivity index (χ4v) is 3.65. The number of nitrogens with zero attached hydrogens (tertiary/aromatic N) is 1. The van der Waals surface area contributed by atoms with Gasteiger partial charge in [-0.2, -0.15) is 0 Å². The molecule has 150 valence electrons. The van der Waals surface area contributed by atoms with Gasteiger partial charge in [-0.1, -0.05) is 53.0 Å². The van der Waals surface area contributed by atoms with E-state index < -0.39 is 11.4 Å². The molecule has 1 heterocycles. The molecule has 7 heteroatoms. The number of esters is 1. The number of rotatable bonds is 4. The smallest absolute Gasteiger partial charge is 0.344 e. The molecule has 0 spiro atoms. The monoisotopic (exact) mass is 449 g/mol. The number of pyridine rings is 1. The van der Waals surface area contributed by atoms with Crippen LogP contribution in [0.2, 0.25) is 15.1 Å². The molecule has 0 saturated heterocycles. The van der Waals surface area contributed by atoms with Gasteiger partial charge in [0.05, 0.1) is 22.3 Å². The summed E-state index contributed by atoms with van der Waals surface area (Å²) in [5.41, 5.74) is 2.31. The molecule has 0 N–H and O–H groups in total. The Morgan fingerprint density at radius 1 is 1.00 bits per heavy atom. The van der Waals surface area contributed by atoms with Crippen LogP contribution in [0.4, 0.5) is 0 Å². The standard InChI is InChI=1S/C22H18Cl3NO3/c1-4-29-22(28)19-20(14-7-10-16(24)17(25)11-14)26(3)12(2)18(21(19)27)13-5-8-15(23)9-6-13/h5-11H,4H2,1-3H3. The molecule has 0 radical (unpaired) electrons. The SMILES string of the molecule is CCOC(=O)c1c(-c2ccc(Cl)c(Cl)c2)n(C)c(C)c(-c2ccc(Cl)cc2)c1=O. The Hall–Kier alpha value is -2.27. The summed E-state index contributed by atoms with van der Waals surface area (Å²) in [7, 11) is 1.79. The highest BCUT2D eigenvalue weighted by Crippen LogP contribution is 2.32. The van der Waals surface area contributed by atoms with Gasteiger partial charge in [0.25, 0.3) is 0 Å². The average molecular weight is 451 g/mol. The lowest BCUT2D eigenvalue weighted by Crippen LogP contribution is -2.25. The van der Waals surface area contributed by atoms with Gasteiger partial charge in [0.2, 0.25) is 5.43 Å². The molecule has 0 saturated carbocycles. The van der Waals surface area contributed by atoms with Gasteiger partial charge in [-0.25, -0.2) is 4.79 Å². The number of carbonyl (C=O) groups is 1.